The van der Waals surface area contributed by atoms with Gasteiger partial charge in [-0.05, 0) is 53.1 Å². The summed E-state index contributed by atoms with van der Waals surface area (Å²) in [5, 5.41) is 3.43. The molecule has 0 aromatic heterocycles. The molecule has 2 nitrogen and oxygen atoms in total. The van der Waals surface area contributed by atoms with Crippen LogP contribution in [0.1, 0.15) is 59.3 Å². The molecule has 1 rings (SSSR count). The van der Waals surface area contributed by atoms with E-state index in [2.05, 4.69) is 38.0 Å². The third kappa shape index (κ3) is 4.06. The Balaban J connectivity index is 2.38. The molecule has 2 unspecified atom stereocenters. The Labute approximate surface area is 102 Å². The molecule has 1 N–H and O–H groups in total. The van der Waals surface area contributed by atoms with E-state index in [1.54, 1.807) is 0 Å². The quantitative estimate of drug-likeness (QED) is 0.671. The van der Waals surface area contributed by atoms with Gasteiger partial charge in [0.25, 0.3) is 0 Å². The van der Waals surface area contributed by atoms with E-state index in [1.807, 2.05) is 0 Å². The van der Waals surface area contributed by atoms with Gasteiger partial charge in [-0.25, -0.2) is 0 Å². The van der Waals surface area contributed by atoms with Crippen molar-refractivity contribution >= 4 is 0 Å². The molecule has 2 atom stereocenters. The first-order valence-electron chi connectivity index (χ1n) is 7.12. The van der Waals surface area contributed by atoms with E-state index in [9.17, 15) is 0 Å². The van der Waals surface area contributed by atoms with E-state index in [-0.39, 0.29) is 0 Å². The fourth-order valence-electron chi connectivity index (χ4n) is 2.93. The predicted molar refractivity (Wildman–Crippen MR) is 71.9 cm³/mol. The number of hydrogen-bond donors (Lipinski definition) is 1. The second-order valence-corrected chi connectivity index (χ2v) is 5.49. The van der Waals surface area contributed by atoms with Crippen LogP contribution in [0, 0.1) is 0 Å². The van der Waals surface area contributed by atoms with Crippen molar-refractivity contribution in [1.82, 2.24) is 10.2 Å². The van der Waals surface area contributed by atoms with Crippen LogP contribution in [-0.2, 0) is 0 Å². The molecule has 0 aromatic carbocycles. The molecule has 0 heterocycles. The second kappa shape index (κ2) is 7.29. The van der Waals surface area contributed by atoms with Crippen LogP contribution in [0.2, 0.25) is 0 Å². The number of nitrogens with zero attached hydrogens (tertiary/aromatic N) is 1. The molecular formula is C14H30N2. The monoisotopic (exact) mass is 226 g/mol. The van der Waals surface area contributed by atoms with E-state index < -0.39 is 0 Å². The van der Waals surface area contributed by atoms with Crippen molar-refractivity contribution in [3.8, 4) is 0 Å². The van der Waals surface area contributed by atoms with Crippen LogP contribution in [0.25, 0.3) is 0 Å². The van der Waals surface area contributed by atoms with Crippen LogP contribution in [0.5, 0.6) is 0 Å². The molecule has 2 heteroatoms. The van der Waals surface area contributed by atoms with Gasteiger partial charge in [0.15, 0.2) is 0 Å². The Morgan fingerprint density at radius 3 is 2.50 bits per heavy atom. The van der Waals surface area contributed by atoms with E-state index in [4.69, 9.17) is 0 Å². The van der Waals surface area contributed by atoms with Gasteiger partial charge < -0.3 is 5.32 Å². The summed E-state index contributed by atoms with van der Waals surface area (Å²) < 4.78 is 0. The van der Waals surface area contributed by atoms with Crippen molar-refractivity contribution in [2.45, 2.75) is 77.4 Å². The lowest BCUT2D eigenvalue weighted by atomic mass is 10.1. The summed E-state index contributed by atoms with van der Waals surface area (Å²) in [5.74, 6) is 0. The highest BCUT2D eigenvalue weighted by atomic mass is 15.2. The molecule has 0 saturated heterocycles. The van der Waals surface area contributed by atoms with Gasteiger partial charge in [-0.15, -0.1) is 0 Å². The first kappa shape index (κ1) is 14.0. The first-order valence-corrected chi connectivity index (χ1v) is 7.12. The number of nitrogens with one attached hydrogen (secondary N) is 1. The molecule has 0 amide bonds. The summed E-state index contributed by atoms with van der Waals surface area (Å²) in [6.45, 7) is 8.27. The fourth-order valence-corrected chi connectivity index (χ4v) is 2.93. The molecule has 0 radical (unpaired) electrons. The average molecular weight is 226 g/mol. The zero-order valence-electron chi connectivity index (χ0n) is 11.6. The second-order valence-electron chi connectivity index (χ2n) is 5.49. The minimum atomic E-state index is 0.706. The van der Waals surface area contributed by atoms with Gasteiger partial charge in [0.1, 0.15) is 0 Å². The molecule has 0 spiro atoms. The van der Waals surface area contributed by atoms with Crippen LogP contribution in [0.4, 0.5) is 0 Å². The fraction of sp³-hybridized carbons (Fsp3) is 1.00. The predicted octanol–water partition coefficient (Wildman–Crippen LogP) is 3.03. The Kier molecular flexibility index (Phi) is 6.37. The lowest BCUT2D eigenvalue weighted by Gasteiger charge is -2.32. The Bertz CT molecular complexity index is 180. The van der Waals surface area contributed by atoms with Crippen molar-refractivity contribution in [1.29, 1.82) is 0 Å². The topological polar surface area (TPSA) is 15.3 Å². The molecule has 1 aliphatic rings. The van der Waals surface area contributed by atoms with Gasteiger partial charge in [0.05, 0.1) is 0 Å². The molecular weight excluding hydrogens is 196 g/mol. The molecule has 96 valence electrons. The Morgan fingerprint density at radius 2 is 2.00 bits per heavy atom. The number of rotatable bonds is 7. The average Bonchev–Trinajstić information content (AvgIpc) is 2.72. The number of unbranched alkanes of at least 4 members (excludes halogenated alkanes) is 2. The highest BCUT2D eigenvalue weighted by Crippen LogP contribution is 2.25. The SMILES string of the molecule is CCCCCN(C(C)C)C1CCC(NC)C1. The van der Waals surface area contributed by atoms with Crippen molar-refractivity contribution < 1.29 is 0 Å². The maximum Gasteiger partial charge on any atom is 0.0113 e. The summed E-state index contributed by atoms with van der Waals surface area (Å²) in [7, 11) is 2.10. The lowest BCUT2D eigenvalue weighted by molar-refractivity contribution is 0.150. The molecule has 16 heavy (non-hydrogen) atoms. The summed E-state index contributed by atoms with van der Waals surface area (Å²) >= 11 is 0. The summed E-state index contributed by atoms with van der Waals surface area (Å²) in [5.41, 5.74) is 0. The molecule has 0 aromatic rings. The minimum absolute atomic E-state index is 0.706. The van der Waals surface area contributed by atoms with Gasteiger partial charge in [-0.1, -0.05) is 19.8 Å². The maximum absolute atomic E-state index is 3.43. The standard InChI is InChI=1S/C14H30N2/c1-5-6-7-10-16(12(2)3)14-9-8-13(11-14)15-4/h12-15H,5-11H2,1-4H3. The maximum atomic E-state index is 3.43. The molecule has 1 fully saturated rings. The summed E-state index contributed by atoms with van der Waals surface area (Å²) in [6.07, 6.45) is 8.17. The third-order valence-electron chi connectivity index (χ3n) is 3.97. The van der Waals surface area contributed by atoms with E-state index in [0.29, 0.717) is 6.04 Å². The van der Waals surface area contributed by atoms with Crippen LogP contribution in [-0.4, -0.2) is 36.6 Å². The van der Waals surface area contributed by atoms with Crippen molar-refractivity contribution in [2.75, 3.05) is 13.6 Å². The Hall–Kier alpha value is -0.0800. The molecule has 0 bridgehead atoms. The molecule has 0 aliphatic heterocycles. The smallest absolute Gasteiger partial charge is 0.0113 e. The lowest BCUT2D eigenvalue weighted by Crippen LogP contribution is -2.40. The van der Waals surface area contributed by atoms with E-state index in [1.165, 1.54) is 45.1 Å². The van der Waals surface area contributed by atoms with Crippen molar-refractivity contribution in [2.24, 2.45) is 0 Å². The third-order valence-corrected chi connectivity index (χ3v) is 3.97. The van der Waals surface area contributed by atoms with E-state index in [0.717, 1.165) is 12.1 Å². The highest BCUT2D eigenvalue weighted by molar-refractivity contribution is 4.87. The molecule has 1 saturated carbocycles. The zero-order chi connectivity index (χ0) is 12.0. The first-order chi connectivity index (χ1) is 7.69. The van der Waals surface area contributed by atoms with Crippen LogP contribution < -0.4 is 5.32 Å². The molecule has 1 aliphatic carbocycles. The van der Waals surface area contributed by atoms with Crippen LogP contribution in [0.3, 0.4) is 0 Å². The van der Waals surface area contributed by atoms with E-state index >= 15 is 0 Å². The van der Waals surface area contributed by atoms with Gasteiger partial charge in [0.2, 0.25) is 0 Å². The largest absolute Gasteiger partial charge is 0.317 e. The zero-order valence-corrected chi connectivity index (χ0v) is 11.6. The summed E-state index contributed by atoms with van der Waals surface area (Å²) in [6, 6.07) is 2.30. The van der Waals surface area contributed by atoms with Gasteiger partial charge in [-0.3, -0.25) is 4.90 Å². The summed E-state index contributed by atoms with van der Waals surface area (Å²) in [4.78, 5) is 2.73. The highest BCUT2D eigenvalue weighted by Gasteiger charge is 2.29. The Morgan fingerprint density at radius 1 is 1.25 bits per heavy atom. The van der Waals surface area contributed by atoms with Crippen LogP contribution >= 0.6 is 0 Å². The normalized spacial score (nSPS) is 25.9. The van der Waals surface area contributed by atoms with Crippen molar-refractivity contribution in [3.63, 3.8) is 0 Å². The van der Waals surface area contributed by atoms with Gasteiger partial charge >= 0.3 is 0 Å². The minimum Gasteiger partial charge on any atom is -0.317 e. The van der Waals surface area contributed by atoms with Gasteiger partial charge in [-0.2, -0.15) is 0 Å². The van der Waals surface area contributed by atoms with Crippen LogP contribution in [0.15, 0.2) is 0 Å². The van der Waals surface area contributed by atoms with Crippen molar-refractivity contribution in [3.05, 3.63) is 0 Å². The number of hydrogen-bond acceptors (Lipinski definition) is 2. The van der Waals surface area contributed by atoms with Gasteiger partial charge in [0, 0.05) is 18.1 Å².